The maximum Gasteiger partial charge on any atom is 0.342 e. The van der Waals surface area contributed by atoms with Crippen LogP contribution in [0.5, 0.6) is 0 Å². The van der Waals surface area contributed by atoms with Crippen molar-refractivity contribution < 1.29 is 14.9 Å². The minimum atomic E-state index is -0.547. The molecule has 0 aliphatic carbocycles. The Bertz CT molecular complexity index is 124. The second-order valence-corrected chi connectivity index (χ2v) is 3.88. The molecule has 0 atom stereocenters. The van der Waals surface area contributed by atoms with Crippen LogP contribution in [0.3, 0.4) is 0 Å². The molecule has 0 fully saturated rings. The zero-order valence-electron chi connectivity index (χ0n) is 7.39. The van der Waals surface area contributed by atoms with Crippen LogP contribution in [-0.4, -0.2) is 11.2 Å². The minimum Gasteiger partial charge on any atom is -0.301 e. The lowest BCUT2D eigenvalue weighted by Crippen LogP contribution is -2.07. The molecule has 1 N–H and O–H groups in total. The quantitative estimate of drug-likeness (QED) is 0.508. The molecule has 0 amide bonds. The summed E-state index contributed by atoms with van der Waals surface area (Å²) in [6, 6.07) is 0. The fraction of sp³-hybridized carbons (Fsp3) is 0.875. The van der Waals surface area contributed by atoms with Gasteiger partial charge in [-0.1, -0.05) is 20.8 Å². The van der Waals surface area contributed by atoms with Crippen LogP contribution >= 0.6 is 0 Å². The van der Waals surface area contributed by atoms with Gasteiger partial charge < -0.3 is 4.89 Å². The van der Waals surface area contributed by atoms with Gasteiger partial charge in [-0.05, 0) is 18.3 Å². The predicted molar refractivity (Wildman–Crippen MR) is 42.0 cm³/mol. The Hall–Kier alpha value is -0.570. The molecule has 0 aliphatic heterocycles. The van der Waals surface area contributed by atoms with E-state index in [2.05, 4.69) is 25.7 Å². The SMILES string of the molecule is CC(C)(C)CCCC(=O)OO. The molecule has 3 nitrogen and oxygen atoms in total. The maximum absolute atomic E-state index is 10.4. The number of hydrogen-bond acceptors (Lipinski definition) is 3. The summed E-state index contributed by atoms with van der Waals surface area (Å²) in [6.45, 7) is 6.33. The van der Waals surface area contributed by atoms with Crippen LogP contribution in [0.15, 0.2) is 0 Å². The Morgan fingerprint density at radius 3 is 2.36 bits per heavy atom. The topological polar surface area (TPSA) is 46.5 Å². The zero-order chi connectivity index (χ0) is 8.91. The fourth-order valence-electron chi connectivity index (χ4n) is 0.809. The van der Waals surface area contributed by atoms with Crippen LogP contribution in [0.25, 0.3) is 0 Å². The molecule has 0 aromatic rings. The van der Waals surface area contributed by atoms with Gasteiger partial charge in [-0.2, -0.15) is 5.26 Å². The van der Waals surface area contributed by atoms with Gasteiger partial charge in [-0.25, -0.2) is 4.79 Å². The summed E-state index contributed by atoms with van der Waals surface area (Å²) < 4.78 is 0. The van der Waals surface area contributed by atoms with Crippen LogP contribution in [0, 0.1) is 5.41 Å². The first-order valence-electron chi connectivity index (χ1n) is 3.80. The van der Waals surface area contributed by atoms with Crippen molar-refractivity contribution in [1.82, 2.24) is 0 Å². The van der Waals surface area contributed by atoms with Crippen molar-refractivity contribution in [2.45, 2.75) is 40.0 Å². The highest BCUT2D eigenvalue weighted by molar-refractivity contribution is 5.68. The molecule has 0 aromatic carbocycles. The van der Waals surface area contributed by atoms with Crippen molar-refractivity contribution in [2.24, 2.45) is 5.41 Å². The van der Waals surface area contributed by atoms with E-state index in [1.807, 2.05) is 0 Å². The van der Waals surface area contributed by atoms with Gasteiger partial charge in [0.1, 0.15) is 0 Å². The standard InChI is InChI=1S/C8H16O3/c1-8(2,3)6-4-5-7(9)11-10/h10H,4-6H2,1-3H3. The van der Waals surface area contributed by atoms with Crippen molar-refractivity contribution in [3.63, 3.8) is 0 Å². The summed E-state index contributed by atoms with van der Waals surface area (Å²) in [5.74, 6) is -0.547. The van der Waals surface area contributed by atoms with E-state index in [0.717, 1.165) is 12.8 Å². The lowest BCUT2D eigenvalue weighted by molar-refractivity contribution is -0.234. The van der Waals surface area contributed by atoms with E-state index in [1.54, 1.807) is 0 Å². The highest BCUT2D eigenvalue weighted by Gasteiger charge is 2.11. The Balaban J connectivity index is 3.35. The summed E-state index contributed by atoms with van der Waals surface area (Å²) in [7, 11) is 0. The average molecular weight is 160 g/mol. The fourth-order valence-corrected chi connectivity index (χ4v) is 0.809. The average Bonchev–Trinajstić information content (AvgIpc) is 1.85. The Morgan fingerprint density at radius 1 is 1.45 bits per heavy atom. The first kappa shape index (κ1) is 10.4. The molecule has 0 bridgehead atoms. The van der Waals surface area contributed by atoms with Crippen molar-refractivity contribution in [2.75, 3.05) is 0 Å². The van der Waals surface area contributed by atoms with Gasteiger partial charge in [0.05, 0.1) is 0 Å². The number of carbonyl (C=O) groups excluding carboxylic acids is 1. The summed E-state index contributed by atoms with van der Waals surface area (Å²) in [4.78, 5) is 14.0. The second kappa shape index (κ2) is 4.34. The maximum atomic E-state index is 10.4. The van der Waals surface area contributed by atoms with Gasteiger partial charge in [-0.3, -0.25) is 0 Å². The first-order chi connectivity index (χ1) is 4.95. The van der Waals surface area contributed by atoms with Gasteiger partial charge in [0.2, 0.25) is 0 Å². The van der Waals surface area contributed by atoms with E-state index in [-0.39, 0.29) is 5.41 Å². The van der Waals surface area contributed by atoms with E-state index >= 15 is 0 Å². The molecule has 0 radical (unpaired) electrons. The van der Waals surface area contributed by atoms with Crippen molar-refractivity contribution in [3.8, 4) is 0 Å². The van der Waals surface area contributed by atoms with Crippen molar-refractivity contribution >= 4 is 5.97 Å². The molecule has 3 heteroatoms. The molecular formula is C8H16O3. The van der Waals surface area contributed by atoms with E-state index in [1.165, 1.54) is 0 Å². The highest BCUT2D eigenvalue weighted by atomic mass is 17.1. The van der Waals surface area contributed by atoms with Crippen LogP contribution < -0.4 is 0 Å². The molecule has 0 rings (SSSR count). The van der Waals surface area contributed by atoms with Gasteiger partial charge in [-0.15, -0.1) is 0 Å². The van der Waals surface area contributed by atoms with E-state index in [4.69, 9.17) is 5.26 Å². The predicted octanol–water partition coefficient (Wildman–Crippen LogP) is 2.22. The third-order valence-corrected chi connectivity index (χ3v) is 1.41. The molecule has 0 saturated carbocycles. The van der Waals surface area contributed by atoms with Gasteiger partial charge in [0.15, 0.2) is 0 Å². The van der Waals surface area contributed by atoms with Crippen LogP contribution in [0.2, 0.25) is 0 Å². The lowest BCUT2D eigenvalue weighted by atomic mass is 9.90. The molecule has 0 aromatic heterocycles. The van der Waals surface area contributed by atoms with Crippen LogP contribution in [0.4, 0.5) is 0 Å². The van der Waals surface area contributed by atoms with Gasteiger partial charge in [0, 0.05) is 6.42 Å². The smallest absolute Gasteiger partial charge is 0.301 e. The normalized spacial score (nSPS) is 11.3. The van der Waals surface area contributed by atoms with Crippen molar-refractivity contribution in [1.29, 1.82) is 0 Å². The van der Waals surface area contributed by atoms with E-state index in [0.29, 0.717) is 6.42 Å². The van der Waals surface area contributed by atoms with Gasteiger partial charge >= 0.3 is 5.97 Å². The van der Waals surface area contributed by atoms with Gasteiger partial charge in [0.25, 0.3) is 0 Å². The Kier molecular flexibility index (Phi) is 4.11. The summed E-state index contributed by atoms with van der Waals surface area (Å²) >= 11 is 0. The monoisotopic (exact) mass is 160 g/mol. The Labute approximate surface area is 67.3 Å². The molecule has 0 spiro atoms. The number of carbonyl (C=O) groups is 1. The number of hydrogen-bond donors (Lipinski definition) is 1. The highest BCUT2D eigenvalue weighted by Crippen LogP contribution is 2.21. The molecule has 0 heterocycles. The lowest BCUT2D eigenvalue weighted by Gasteiger charge is -2.16. The van der Waals surface area contributed by atoms with E-state index < -0.39 is 5.97 Å². The molecule has 0 unspecified atom stereocenters. The third-order valence-electron chi connectivity index (χ3n) is 1.41. The summed E-state index contributed by atoms with van der Waals surface area (Å²) in [5, 5.41) is 7.91. The molecule has 0 aliphatic rings. The first-order valence-corrected chi connectivity index (χ1v) is 3.80. The minimum absolute atomic E-state index is 0.246. The summed E-state index contributed by atoms with van der Waals surface area (Å²) in [5.41, 5.74) is 0.246. The Morgan fingerprint density at radius 2 is 2.00 bits per heavy atom. The third kappa shape index (κ3) is 7.33. The molecule has 66 valence electrons. The molecule has 0 saturated heterocycles. The zero-order valence-corrected chi connectivity index (χ0v) is 7.39. The second-order valence-electron chi connectivity index (χ2n) is 3.88. The van der Waals surface area contributed by atoms with Crippen LogP contribution in [-0.2, 0) is 9.68 Å². The largest absolute Gasteiger partial charge is 0.342 e. The molecule has 11 heavy (non-hydrogen) atoms. The summed E-state index contributed by atoms with van der Waals surface area (Å²) in [6.07, 6.45) is 2.03. The number of rotatable bonds is 3. The van der Waals surface area contributed by atoms with Crippen molar-refractivity contribution in [3.05, 3.63) is 0 Å². The van der Waals surface area contributed by atoms with E-state index in [9.17, 15) is 4.79 Å². The van der Waals surface area contributed by atoms with Crippen LogP contribution in [0.1, 0.15) is 40.0 Å². The molecular weight excluding hydrogens is 144 g/mol.